The molecule has 2 aromatic rings. The zero-order valence-electron chi connectivity index (χ0n) is 13.1. The molecule has 0 aliphatic carbocycles. The second kappa shape index (κ2) is 5.64. The van der Waals surface area contributed by atoms with Crippen LogP contribution in [-0.2, 0) is 13.1 Å². The van der Waals surface area contributed by atoms with Crippen LogP contribution in [-0.4, -0.2) is 26.9 Å². The average Bonchev–Trinajstić information content (AvgIpc) is 2.94. The topological polar surface area (TPSA) is 34.0 Å². The lowest BCUT2D eigenvalue weighted by Crippen LogP contribution is -2.20. The largest absolute Gasteiger partial charge is 0.370 e. The zero-order valence-corrected chi connectivity index (χ0v) is 13.1. The lowest BCUT2D eigenvalue weighted by atomic mass is 9.96. The molecule has 0 bridgehead atoms. The summed E-state index contributed by atoms with van der Waals surface area (Å²) in [5.74, 6) is 0. The van der Waals surface area contributed by atoms with E-state index in [1.807, 2.05) is 22.9 Å². The molecule has 2 heterocycles. The molecule has 1 aliphatic heterocycles. The van der Waals surface area contributed by atoms with Gasteiger partial charge in [0.15, 0.2) is 0 Å². The normalized spacial score (nSPS) is 17.3. The summed E-state index contributed by atoms with van der Waals surface area (Å²) in [6.07, 6.45) is 3.75. The molecule has 1 aromatic heterocycles. The van der Waals surface area contributed by atoms with Gasteiger partial charge in [-0.05, 0) is 18.6 Å². The third kappa shape index (κ3) is 2.08. The standard InChI is InChI=1S/C18H20N4/c1-5-14-16(6-2)21(4)12-13-10-8-9-11-15(13)17-18(14)22(7-3)20-19-17/h5-6,8-11H,1-2,7,12H2,3-4H3/b16-14-. The molecular weight excluding hydrogens is 272 g/mol. The van der Waals surface area contributed by atoms with Crippen molar-refractivity contribution in [3.05, 3.63) is 66.5 Å². The van der Waals surface area contributed by atoms with Crippen LogP contribution in [0.4, 0.5) is 0 Å². The van der Waals surface area contributed by atoms with E-state index in [0.717, 1.165) is 41.3 Å². The molecule has 0 radical (unpaired) electrons. The number of aryl methyl sites for hydroxylation is 1. The Hall–Kier alpha value is -2.62. The summed E-state index contributed by atoms with van der Waals surface area (Å²) in [6, 6.07) is 8.35. The minimum absolute atomic E-state index is 0.760. The third-order valence-electron chi connectivity index (χ3n) is 4.05. The molecule has 4 heteroatoms. The molecule has 3 rings (SSSR count). The first-order chi connectivity index (χ1) is 10.7. The molecular formula is C18H20N4. The lowest BCUT2D eigenvalue weighted by molar-refractivity contribution is 0.426. The van der Waals surface area contributed by atoms with E-state index in [-0.39, 0.29) is 0 Å². The lowest BCUT2D eigenvalue weighted by Gasteiger charge is -2.27. The predicted octanol–water partition coefficient (Wildman–Crippen LogP) is 3.49. The van der Waals surface area contributed by atoms with Crippen molar-refractivity contribution >= 4 is 5.57 Å². The van der Waals surface area contributed by atoms with Gasteiger partial charge >= 0.3 is 0 Å². The first-order valence-corrected chi connectivity index (χ1v) is 7.43. The van der Waals surface area contributed by atoms with Crippen molar-refractivity contribution in [1.29, 1.82) is 0 Å². The maximum absolute atomic E-state index is 4.44. The van der Waals surface area contributed by atoms with E-state index in [0.29, 0.717) is 0 Å². The summed E-state index contributed by atoms with van der Waals surface area (Å²) in [4.78, 5) is 2.19. The van der Waals surface area contributed by atoms with Crippen LogP contribution < -0.4 is 0 Å². The van der Waals surface area contributed by atoms with Gasteiger partial charge in [-0.3, -0.25) is 0 Å². The smallest absolute Gasteiger partial charge is 0.121 e. The van der Waals surface area contributed by atoms with E-state index < -0.39 is 0 Å². The summed E-state index contributed by atoms with van der Waals surface area (Å²) in [5, 5.41) is 8.76. The molecule has 0 spiro atoms. The summed E-state index contributed by atoms with van der Waals surface area (Å²) >= 11 is 0. The molecule has 4 nitrogen and oxygen atoms in total. The van der Waals surface area contributed by atoms with Crippen molar-refractivity contribution in [2.24, 2.45) is 0 Å². The van der Waals surface area contributed by atoms with Crippen molar-refractivity contribution in [2.75, 3.05) is 7.05 Å². The number of fused-ring (bicyclic) bond motifs is 3. The molecule has 1 aromatic carbocycles. The summed E-state index contributed by atoms with van der Waals surface area (Å²) in [6.45, 7) is 11.6. The van der Waals surface area contributed by atoms with Crippen LogP contribution in [0.15, 0.2) is 55.3 Å². The van der Waals surface area contributed by atoms with Gasteiger partial charge in [0.2, 0.25) is 0 Å². The van der Waals surface area contributed by atoms with Crippen LogP contribution in [0.25, 0.3) is 16.8 Å². The van der Waals surface area contributed by atoms with Gasteiger partial charge in [0.05, 0.1) is 5.69 Å². The Morgan fingerprint density at radius 2 is 2.00 bits per heavy atom. The van der Waals surface area contributed by atoms with E-state index >= 15 is 0 Å². The molecule has 0 saturated carbocycles. The van der Waals surface area contributed by atoms with Gasteiger partial charge in [0.1, 0.15) is 5.69 Å². The highest BCUT2D eigenvalue weighted by atomic mass is 15.4. The van der Waals surface area contributed by atoms with E-state index in [2.05, 4.69) is 60.5 Å². The summed E-state index contributed by atoms with van der Waals surface area (Å²) in [5.41, 5.74) is 6.35. The number of hydrogen-bond acceptors (Lipinski definition) is 3. The average molecular weight is 292 g/mol. The molecule has 1 aliphatic rings. The number of hydrogen-bond donors (Lipinski definition) is 0. The van der Waals surface area contributed by atoms with E-state index in [1.54, 1.807) is 0 Å². The van der Waals surface area contributed by atoms with Crippen LogP contribution in [0.1, 0.15) is 18.2 Å². The van der Waals surface area contributed by atoms with Crippen LogP contribution in [0.2, 0.25) is 0 Å². The van der Waals surface area contributed by atoms with Gasteiger partial charge < -0.3 is 4.90 Å². The minimum atomic E-state index is 0.760. The van der Waals surface area contributed by atoms with Gasteiger partial charge in [-0.1, -0.05) is 48.7 Å². The SMILES string of the molecule is C=C/C1=C(\C=C)N(C)Cc2ccccc2-c2nnn(CC)c21. The molecule has 0 unspecified atom stereocenters. The number of rotatable bonds is 3. The first kappa shape index (κ1) is 14.3. The van der Waals surface area contributed by atoms with Crippen molar-refractivity contribution in [2.45, 2.75) is 20.0 Å². The fourth-order valence-electron chi connectivity index (χ4n) is 3.01. The van der Waals surface area contributed by atoms with Crippen molar-refractivity contribution in [3.63, 3.8) is 0 Å². The Kier molecular flexibility index (Phi) is 3.67. The van der Waals surface area contributed by atoms with Gasteiger partial charge in [-0.2, -0.15) is 0 Å². The molecule has 22 heavy (non-hydrogen) atoms. The van der Waals surface area contributed by atoms with E-state index in [4.69, 9.17) is 0 Å². The molecule has 0 fully saturated rings. The van der Waals surface area contributed by atoms with Gasteiger partial charge in [-0.15, -0.1) is 5.10 Å². The van der Waals surface area contributed by atoms with Crippen LogP contribution >= 0.6 is 0 Å². The second-order valence-corrected chi connectivity index (χ2v) is 5.32. The number of aromatic nitrogens is 3. The van der Waals surface area contributed by atoms with Crippen molar-refractivity contribution < 1.29 is 0 Å². The monoisotopic (exact) mass is 292 g/mol. The Morgan fingerprint density at radius 1 is 1.23 bits per heavy atom. The Morgan fingerprint density at radius 3 is 2.68 bits per heavy atom. The van der Waals surface area contributed by atoms with Crippen LogP contribution in [0, 0.1) is 0 Å². The zero-order chi connectivity index (χ0) is 15.7. The van der Waals surface area contributed by atoms with Gasteiger partial charge in [0.25, 0.3) is 0 Å². The number of allylic oxidation sites excluding steroid dienone is 3. The summed E-state index contributed by atoms with van der Waals surface area (Å²) < 4.78 is 1.92. The predicted molar refractivity (Wildman–Crippen MR) is 89.9 cm³/mol. The third-order valence-corrected chi connectivity index (χ3v) is 4.05. The van der Waals surface area contributed by atoms with Crippen LogP contribution in [0.5, 0.6) is 0 Å². The highest BCUT2D eigenvalue weighted by Crippen LogP contribution is 2.35. The fourth-order valence-corrected chi connectivity index (χ4v) is 3.01. The minimum Gasteiger partial charge on any atom is -0.370 e. The molecule has 112 valence electrons. The quantitative estimate of drug-likeness (QED) is 0.868. The maximum Gasteiger partial charge on any atom is 0.121 e. The highest BCUT2D eigenvalue weighted by molar-refractivity contribution is 5.85. The highest BCUT2D eigenvalue weighted by Gasteiger charge is 2.24. The number of nitrogens with zero attached hydrogens (tertiary/aromatic N) is 4. The van der Waals surface area contributed by atoms with E-state index in [1.165, 1.54) is 5.56 Å². The Labute approximate surface area is 131 Å². The number of likely N-dealkylation sites (N-methyl/N-ethyl adjacent to an activating group) is 1. The molecule has 0 saturated heterocycles. The first-order valence-electron chi connectivity index (χ1n) is 7.43. The molecule has 0 amide bonds. The summed E-state index contributed by atoms with van der Waals surface area (Å²) in [7, 11) is 2.07. The van der Waals surface area contributed by atoms with Crippen LogP contribution in [0.3, 0.4) is 0 Å². The van der Waals surface area contributed by atoms with Crippen molar-refractivity contribution in [1.82, 2.24) is 19.9 Å². The molecule has 0 atom stereocenters. The molecule has 0 N–H and O–H groups in total. The fraction of sp³-hybridized carbons (Fsp3) is 0.222. The van der Waals surface area contributed by atoms with Gasteiger partial charge in [0, 0.05) is 37.0 Å². The van der Waals surface area contributed by atoms with Crippen molar-refractivity contribution in [3.8, 4) is 11.3 Å². The Bertz CT molecular complexity index is 767. The maximum atomic E-state index is 4.44. The Balaban J connectivity index is 2.41. The van der Waals surface area contributed by atoms with Gasteiger partial charge in [-0.25, -0.2) is 4.68 Å². The van der Waals surface area contributed by atoms with E-state index in [9.17, 15) is 0 Å². The number of benzene rings is 1. The second-order valence-electron chi connectivity index (χ2n) is 5.32.